The van der Waals surface area contributed by atoms with Gasteiger partial charge in [-0.3, -0.25) is 9.59 Å². The lowest BCUT2D eigenvalue weighted by atomic mass is 10.1. The summed E-state index contributed by atoms with van der Waals surface area (Å²) >= 11 is 1.45. The van der Waals surface area contributed by atoms with Gasteiger partial charge in [0.15, 0.2) is 0 Å². The fourth-order valence-corrected chi connectivity index (χ4v) is 2.97. The summed E-state index contributed by atoms with van der Waals surface area (Å²) in [5.41, 5.74) is 2.76. The first-order valence-electron chi connectivity index (χ1n) is 7.50. The van der Waals surface area contributed by atoms with Gasteiger partial charge >= 0.3 is 5.97 Å². The van der Waals surface area contributed by atoms with Crippen LogP contribution in [0.4, 0.5) is 0 Å². The van der Waals surface area contributed by atoms with E-state index in [-0.39, 0.29) is 18.9 Å². The number of rotatable bonds is 7. The number of amides is 1. The SMILES string of the molecule is CCN(CCC(=O)O)C(=O)c1csc(Cc2ccc(C)cc2)n1. The number of aryl methyl sites for hydroxylation is 1. The minimum atomic E-state index is -0.908. The minimum Gasteiger partial charge on any atom is -0.481 e. The lowest BCUT2D eigenvalue weighted by Gasteiger charge is -2.18. The van der Waals surface area contributed by atoms with E-state index in [1.807, 2.05) is 13.8 Å². The van der Waals surface area contributed by atoms with Crippen molar-refractivity contribution in [3.63, 3.8) is 0 Å². The third-order valence-corrected chi connectivity index (χ3v) is 4.36. The second kappa shape index (κ2) is 7.87. The predicted molar refractivity (Wildman–Crippen MR) is 89.9 cm³/mol. The summed E-state index contributed by atoms with van der Waals surface area (Å²) in [6.07, 6.45) is 0.638. The van der Waals surface area contributed by atoms with Gasteiger partial charge < -0.3 is 10.0 Å². The van der Waals surface area contributed by atoms with Gasteiger partial charge in [-0.2, -0.15) is 0 Å². The molecule has 1 heterocycles. The van der Waals surface area contributed by atoms with E-state index in [0.717, 1.165) is 10.6 Å². The number of nitrogens with zero attached hydrogens (tertiary/aromatic N) is 2. The Kier molecular flexibility index (Phi) is 5.87. The van der Waals surface area contributed by atoms with Gasteiger partial charge in [-0.05, 0) is 19.4 Å². The van der Waals surface area contributed by atoms with Gasteiger partial charge in [0.2, 0.25) is 0 Å². The van der Waals surface area contributed by atoms with Gasteiger partial charge in [-0.1, -0.05) is 29.8 Å². The first-order valence-corrected chi connectivity index (χ1v) is 8.38. The number of thiazole rings is 1. The van der Waals surface area contributed by atoms with Crippen molar-refractivity contribution in [2.75, 3.05) is 13.1 Å². The number of aliphatic carboxylic acids is 1. The van der Waals surface area contributed by atoms with Gasteiger partial charge in [-0.15, -0.1) is 11.3 Å². The Bertz CT molecular complexity index is 679. The molecular formula is C17H20N2O3S. The molecule has 2 rings (SSSR count). The maximum Gasteiger partial charge on any atom is 0.305 e. The van der Waals surface area contributed by atoms with Crippen molar-refractivity contribution in [1.29, 1.82) is 0 Å². The maximum atomic E-state index is 12.4. The Hall–Kier alpha value is -2.21. The van der Waals surface area contributed by atoms with E-state index >= 15 is 0 Å². The summed E-state index contributed by atoms with van der Waals surface area (Å²) in [6.45, 7) is 4.55. The highest BCUT2D eigenvalue weighted by Crippen LogP contribution is 2.16. The monoisotopic (exact) mass is 332 g/mol. The van der Waals surface area contributed by atoms with Crippen molar-refractivity contribution in [1.82, 2.24) is 9.88 Å². The van der Waals surface area contributed by atoms with Crippen LogP contribution in [-0.4, -0.2) is 40.0 Å². The highest BCUT2D eigenvalue weighted by atomic mass is 32.1. The number of carbonyl (C=O) groups is 2. The van der Waals surface area contributed by atoms with E-state index in [1.54, 1.807) is 5.38 Å². The molecule has 0 fully saturated rings. The molecule has 0 spiro atoms. The molecule has 1 aromatic carbocycles. The Morgan fingerprint density at radius 2 is 1.96 bits per heavy atom. The smallest absolute Gasteiger partial charge is 0.305 e. The third-order valence-electron chi connectivity index (χ3n) is 3.51. The maximum absolute atomic E-state index is 12.4. The van der Waals surface area contributed by atoms with E-state index in [1.165, 1.54) is 21.8 Å². The number of carboxylic acid groups (broad SMARTS) is 1. The van der Waals surface area contributed by atoms with Gasteiger partial charge in [0.25, 0.3) is 5.91 Å². The molecule has 6 heteroatoms. The molecule has 0 bridgehead atoms. The minimum absolute atomic E-state index is 0.0556. The molecule has 1 N–H and O–H groups in total. The van der Waals surface area contributed by atoms with Crippen LogP contribution in [0.25, 0.3) is 0 Å². The first kappa shape index (κ1) is 17.1. The number of aromatic nitrogens is 1. The molecular weight excluding hydrogens is 312 g/mol. The summed E-state index contributed by atoms with van der Waals surface area (Å²) in [4.78, 5) is 29.0. The largest absolute Gasteiger partial charge is 0.481 e. The normalized spacial score (nSPS) is 10.5. The van der Waals surface area contributed by atoms with E-state index in [2.05, 4.69) is 29.2 Å². The Morgan fingerprint density at radius 1 is 1.26 bits per heavy atom. The topological polar surface area (TPSA) is 70.5 Å². The van der Waals surface area contributed by atoms with Crippen molar-refractivity contribution in [3.8, 4) is 0 Å². The molecule has 5 nitrogen and oxygen atoms in total. The fourth-order valence-electron chi connectivity index (χ4n) is 2.17. The molecule has 23 heavy (non-hydrogen) atoms. The molecule has 0 aliphatic carbocycles. The van der Waals surface area contributed by atoms with Crippen molar-refractivity contribution in [2.45, 2.75) is 26.7 Å². The Balaban J connectivity index is 2.03. The van der Waals surface area contributed by atoms with Crippen molar-refractivity contribution in [3.05, 3.63) is 51.5 Å². The van der Waals surface area contributed by atoms with Crippen LogP contribution in [0.1, 0.15) is 40.0 Å². The number of carbonyl (C=O) groups excluding carboxylic acids is 1. The molecule has 1 amide bonds. The average molecular weight is 332 g/mol. The number of hydrogen-bond donors (Lipinski definition) is 1. The molecule has 0 unspecified atom stereocenters. The molecule has 122 valence electrons. The molecule has 0 aliphatic heterocycles. The lowest BCUT2D eigenvalue weighted by Crippen LogP contribution is -2.33. The van der Waals surface area contributed by atoms with Crippen LogP contribution >= 0.6 is 11.3 Å². The number of carboxylic acids is 1. The van der Waals surface area contributed by atoms with E-state index in [0.29, 0.717) is 18.7 Å². The van der Waals surface area contributed by atoms with E-state index in [4.69, 9.17) is 5.11 Å². The highest BCUT2D eigenvalue weighted by Gasteiger charge is 2.18. The van der Waals surface area contributed by atoms with Crippen LogP contribution in [0.5, 0.6) is 0 Å². The summed E-state index contributed by atoms with van der Waals surface area (Å²) in [7, 11) is 0. The van der Waals surface area contributed by atoms with Crippen molar-refractivity contribution >= 4 is 23.2 Å². The Morgan fingerprint density at radius 3 is 2.57 bits per heavy atom. The van der Waals surface area contributed by atoms with Crippen LogP contribution in [0.15, 0.2) is 29.6 Å². The summed E-state index contributed by atoms with van der Waals surface area (Å²) in [5.74, 6) is -1.12. The second-order valence-electron chi connectivity index (χ2n) is 5.32. The quantitative estimate of drug-likeness (QED) is 0.846. The molecule has 0 saturated carbocycles. The van der Waals surface area contributed by atoms with E-state index < -0.39 is 5.97 Å². The zero-order valence-electron chi connectivity index (χ0n) is 13.3. The van der Waals surface area contributed by atoms with Gasteiger partial charge in [0.1, 0.15) is 5.69 Å². The average Bonchev–Trinajstić information content (AvgIpc) is 2.98. The molecule has 0 atom stereocenters. The molecule has 0 aliphatic rings. The van der Waals surface area contributed by atoms with Crippen LogP contribution in [-0.2, 0) is 11.2 Å². The molecule has 1 aromatic heterocycles. The van der Waals surface area contributed by atoms with Gasteiger partial charge in [0.05, 0.1) is 11.4 Å². The van der Waals surface area contributed by atoms with Gasteiger partial charge in [0, 0.05) is 24.9 Å². The predicted octanol–water partition coefficient (Wildman–Crippen LogP) is 2.98. The van der Waals surface area contributed by atoms with Crippen LogP contribution in [0, 0.1) is 6.92 Å². The summed E-state index contributed by atoms with van der Waals surface area (Å²) in [5, 5.41) is 11.4. The first-order chi connectivity index (χ1) is 11.0. The van der Waals surface area contributed by atoms with Crippen LogP contribution in [0.3, 0.4) is 0 Å². The second-order valence-corrected chi connectivity index (χ2v) is 6.26. The zero-order valence-corrected chi connectivity index (χ0v) is 14.1. The Labute approximate surface area is 139 Å². The van der Waals surface area contributed by atoms with Gasteiger partial charge in [-0.25, -0.2) is 4.98 Å². The van der Waals surface area contributed by atoms with Crippen LogP contribution < -0.4 is 0 Å². The zero-order chi connectivity index (χ0) is 16.8. The van der Waals surface area contributed by atoms with Crippen molar-refractivity contribution < 1.29 is 14.7 Å². The third kappa shape index (κ3) is 4.89. The fraction of sp³-hybridized carbons (Fsp3) is 0.353. The number of benzene rings is 1. The lowest BCUT2D eigenvalue weighted by molar-refractivity contribution is -0.137. The summed E-state index contributed by atoms with van der Waals surface area (Å²) in [6, 6.07) is 8.23. The van der Waals surface area contributed by atoms with Crippen LogP contribution in [0.2, 0.25) is 0 Å². The molecule has 0 radical (unpaired) electrons. The number of hydrogen-bond acceptors (Lipinski definition) is 4. The van der Waals surface area contributed by atoms with Crippen molar-refractivity contribution in [2.24, 2.45) is 0 Å². The molecule has 0 saturated heterocycles. The standard InChI is InChI=1S/C17H20N2O3S/c1-3-19(9-8-16(20)21)17(22)14-11-23-15(18-14)10-13-6-4-12(2)5-7-13/h4-7,11H,3,8-10H2,1-2H3,(H,20,21). The molecule has 2 aromatic rings. The highest BCUT2D eigenvalue weighted by molar-refractivity contribution is 7.09. The van der Waals surface area contributed by atoms with E-state index in [9.17, 15) is 9.59 Å². The summed E-state index contributed by atoms with van der Waals surface area (Å²) < 4.78 is 0.